The molecule has 1 aliphatic heterocycles. The van der Waals surface area contributed by atoms with Gasteiger partial charge in [-0.2, -0.15) is 0 Å². The lowest BCUT2D eigenvalue weighted by Gasteiger charge is -2.51. The summed E-state index contributed by atoms with van der Waals surface area (Å²) in [4.78, 5) is 18.2. The van der Waals surface area contributed by atoms with E-state index in [1.165, 1.54) is 0 Å². The highest BCUT2D eigenvalue weighted by molar-refractivity contribution is 9.10. The van der Waals surface area contributed by atoms with E-state index >= 15 is 0 Å². The quantitative estimate of drug-likeness (QED) is 0.340. The van der Waals surface area contributed by atoms with Crippen LogP contribution >= 0.6 is 15.9 Å². The number of ether oxygens (including phenoxy) is 2. The molecular formula is C30H31BrN2O3. The Kier molecular flexibility index (Phi) is 6.56. The Labute approximate surface area is 221 Å². The molecule has 2 aliphatic rings. The number of nitrogens with zero attached hydrogens (tertiary/aromatic N) is 2. The molecular weight excluding hydrogens is 516 g/mol. The van der Waals surface area contributed by atoms with Crippen LogP contribution in [0.3, 0.4) is 0 Å². The molecule has 0 saturated carbocycles. The first-order valence-electron chi connectivity index (χ1n) is 12.1. The molecule has 3 aromatic rings. The number of carbonyl (C=O) groups excluding carboxylic acids is 1. The van der Waals surface area contributed by atoms with Crippen molar-refractivity contribution in [2.75, 3.05) is 30.6 Å². The zero-order chi connectivity index (χ0) is 25.4. The van der Waals surface area contributed by atoms with Gasteiger partial charge in [-0.15, -0.1) is 0 Å². The van der Waals surface area contributed by atoms with Crippen LogP contribution in [0.25, 0.3) is 0 Å². The average molecular weight is 547 g/mol. The number of allylic oxidation sites excluding steroid dienone is 1. The molecule has 5 nitrogen and oxygen atoms in total. The van der Waals surface area contributed by atoms with Gasteiger partial charge >= 0.3 is 0 Å². The van der Waals surface area contributed by atoms with Gasteiger partial charge in [0.05, 0.1) is 20.8 Å². The van der Waals surface area contributed by atoms with Gasteiger partial charge in [0.15, 0.2) is 5.78 Å². The molecule has 0 aromatic heterocycles. The number of anilines is 2. The number of benzene rings is 3. The van der Waals surface area contributed by atoms with Gasteiger partial charge < -0.3 is 19.3 Å². The van der Waals surface area contributed by atoms with Crippen LogP contribution in [0.4, 0.5) is 11.4 Å². The zero-order valence-corrected chi connectivity index (χ0v) is 22.7. The van der Waals surface area contributed by atoms with Gasteiger partial charge in [0, 0.05) is 33.5 Å². The standard InChI is InChI=1S/C30H31BrN2O3/c1-30(2)17-27-26(28(34)18-30)19-32(22-9-13-24(35-3)14-10-22)29(20-5-7-21(31)8-6-20)33(27)23-11-15-25(36-4)16-12-23/h5-16,29H,17-19H2,1-4H3. The van der Waals surface area contributed by atoms with Crippen LogP contribution in [0.1, 0.15) is 38.4 Å². The molecule has 5 rings (SSSR count). The van der Waals surface area contributed by atoms with Crippen LogP contribution in [0.2, 0.25) is 0 Å². The minimum atomic E-state index is -0.139. The Balaban J connectivity index is 1.73. The molecule has 3 aromatic carbocycles. The Bertz CT molecular complexity index is 1280. The summed E-state index contributed by atoms with van der Waals surface area (Å²) in [6.45, 7) is 4.93. The predicted molar refractivity (Wildman–Crippen MR) is 148 cm³/mol. The third-order valence-electron chi connectivity index (χ3n) is 7.05. The molecule has 1 aliphatic carbocycles. The lowest BCUT2D eigenvalue weighted by atomic mass is 9.74. The number of methoxy groups -OCH3 is 2. The highest BCUT2D eigenvalue weighted by Gasteiger charge is 2.43. The van der Waals surface area contributed by atoms with Crippen molar-refractivity contribution in [3.8, 4) is 11.5 Å². The van der Waals surface area contributed by atoms with Crippen molar-refractivity contribution < 1.29 is 14.3 Å². The van der Waals surface area contributed by atoms with Crippen LogP contribution in [-0.2, 0) is 4.79 Å². The van der Waals surface area contributed by atoms with Crippen molar-refractivity contribution >= 4 is 33.1 Å². The van der Waals surface area contributed by atoms with Crippen LogP contribution < -0.4 is 19.3 Å². The minimum absolute atomic E-state index is 0.104. The second-order valence-electron chi connectivity index (χ2n) is 10.2. The summed E-state index contributed by atoms with van der Waals surface area (Å²) >= 11 is 3.59. The second kappa shape index (κ2) is 9.66. The Morgan fingerprint density at radius 1 is 0.806 bits per heavy atom. The average Bonchev–Trinajstić information content (AvgIpc) is 2.88. The molecule has 0 N–H and O–H groups in total. The maximum atomic E-state index is 13.5. The molecule has 0 saturated heterocycles. The second-order valence-corrected chi connectivity index (χ2v) is 11.1. The van der Waals surface area contributed by atoms with Crippen LogP contribution in [0.15, 0.2) is 88.5 Å². The van der Waals surface area contributed by atoms with Crippen molar-refractivity contribution in [1.82, 2.24) is 0 Å². The lowest BCUT2D eigenvalue weighted by molar-refractivity contribution is -0.118. The summed E-state index contributed by atoms with van der Waals surface area (Å²) in [7, 11) is 3.35. The molecule has 0 fully saturated rings. The maximum Gasteiger partial charge on any atom is 0.162 e. The summed E-state index contributed by atoms with van der Waals surface area (Å²) < 4.78 is 11.9. The number of hydrogen-bond donors (Lipinski definition) is 0. The SMILES string of the molecule is COc1ccc(N2CC3=C(CC(C)(C)CC3=O)N(c3ccc(OC)cc3)C2c2ccc(Br)cc2)cc1. The maximum absolute atomic E-state index is 13.5. The molecule has 186 valence electrons. The molecule has 1 unspecified atom stereocenters. The molecule has 0 radical (unpaired) electrons. The van der Waals surface area contributed by atoms with Crippen molar-refractivity contribution in [2.45, 2.75) is 32.9 Å². The summed E-state index contributed by atoms with van der Waals surface area (Å²) in [5.74, 6) is 1.84. The van der Waals surface area contributed by atoms with Crippen LogP contribution in [-0.4, -0.2) is 26.5 Å². The molecule has 0 amide bonds. The van der Waals surface area contributed by atoms with E-state index in [0.717, 1.165) is 50.6 Å². The first-order valence-corrected chi connectivity index (χ1v) is 12.9. The Morgan fingerprint density at radius 2 is 1.36 bits per heavy atom. The van der Waals surface area contributed by atoms with Crippen LogP contribution in [0.5, 0.6) is 11.5 Å². The van der Waals surface area contributed by atoms with E-state index in [4.69, 9.17) is 9.47 Å². The van der Waals surface area contributed by atoms with Gasteiger partial charge in [0.2, 0.25) is 0 Å². The summed E-state index contributed by atoms with van der Waals surface area (Å²) in [6, 6.07) is 24.7. The fourth-order valence-electron chi connectivity index (χ4n) is 5.29. The summed E-state index contributed by atoms with van der Waals surface area (Å²) in [6.07, 6.45) is 1.26. The van der Waals surface area contributed by atoms with Crippen molar-refractivity contribution in [3.63, 3.8) is 0 Å². The van der Waals surface area contributed by atoms with E-state index < -0.39 is 0 Å². The predicted octanol–water partition coefficient (Wildman–Crippen LogP) is 7.13. The lowest BCUT2D eigenvalue weighted by Crippen LogP contribution is -2.51. The van der Waals surface area contributed by atoms with Gasteiger partial charge in [0.25, 0.3) is 0 Å². The third kappa shape index (κ3) is 4.62. The van der Waals surface area contributed by atoms with E-state index in [9.17, 15) is 4.79 Å². The fraction of sp³-hybridized carbons (Fsp3) is 0.300. The summed E-state index contributed by atoms with van der Waals surface area (Å²) in [5.41, 5.74) is 5.11. The first kappa shape index (κ1) is 24.4. The van der Waals surface area contributed by atoms with Crippen LogP contribution in [0, 0.1) is 5.41 Å². The zero-order valence-electron chi connectivity index (χ0n) is 21.1. The molecule has 0 bridgehead atoms. The van der Waals surface area contributed by atoms with Crippen molar-refractivity contribution in [3.05, 3.63) is 94.1 Å². The van der Waals surface area contributed by atoms with E-state index in [1.807, 2.05) is 24.3 Å². The van der Waals surface area contributed by atoms with E-state index in [2.05, 4.69) is 88.1 Å². The van der Waals surface area contributed by atoms with Gasteiger partial charge in [0.1, 0.15) is 17.7 Å². The smallest absolute Gasteiger partial charge is 0.162 e. The highest BCUT2D eigenvalue weighted by Crippen LogP contribution is 2.48. The van der Waals surface area contributed by atoms with E-state index in [-0.39, 0.29) is 17.4 Å². The van der Waals surface area contributed by atoms with Gasteiger partial charge in [-0.05, 0) is 78.1 Å². The number of halogens is 1. The Hall–Kier alpha value is -3.25. The minimum Gasteiger partial charge on any atom is -0.497 e. The largest absolute Gasteiger partial charge is 0.497 e. The summed E-state index contributed by atoms with van der Waals surface area (Å²) in [5, 5.41) is 0. The van der Waals surface area contributed by atoms with Gasteiger partial charge in [-0.25, -0.2) is 0 Å². The highest BCUT2D eigenvalue weighted by atomic mass is 79.9. The molecule has 6 heteroatoms. The molecule has 36 heavy (non-hydrogen) atoms. The number of rotatable bonds is 5. The molecule has 0 spiro atoms. The van der Waals surface area contributed by atoms with Gasteiger partial charge in [-0.3, -0.25) is 4.79 Å². The van der Waals surface area contributed by atoms with E-state index in [1.54, 1.807) is 14.2 Å². The van der Waals surface area contributed by atoms with Gasteiger partial charge in [-0.1, -0.05) is 41.9 Å². The number of ketones is 1. The monoisotopic (exact) mass is 546 g/mol. The third-order valence-corrected chi connectivity index (χ3v) is 7.58. The number of carbonyl (C=O) groups is 1. The molecule has 1 heterocycles. The normalized spacial score (nSPS) is 19.2. The van der Waals surface area contributed by atoms with Crippen molar-refractivity contribution in [2.24, 2.45) is 5.41 Å². The molecule has 1 atom stereocenters. The van der Waals surface area contributed by atoms with Crippen molar-refractivity contribution in [1.29, 1.82) is 0 Å². The fourth-order valence-corrected chi connectivity index (χ4v) is 5.55. The topological polar surface area (TPSA) is 42.0 Å². The Morgan fingerprint density at radius 3 is 1.92 bits per heavy atom. The number of Topliss-reactive ketones (excluding diaryl/α,β-unsaturated/α-hetero) is 1. The first-order chi connectivity index (χ1) is 17.3. The van der Waals surface area contributed by atoms with E-state index in [0.29, 0.717) is 13.0 Å². The number of hydrogen-bond acceptors (Lipinski definition) is 5.